The molecule has 5 heteroatoms. The van der Waals surface area contributed by atoms with Crippen molar-refractivity contribution < 1.29 is 5.11 Å². The minimum absolute atomic E-state index is 0.214. The Bertz CT molecular complexity index is 687. The van der Waals surface area contributed by atoms with Gasteiger partial charge in [-0.05, 0) is 62.1 Å². The highest BCUT2D eigenvalue weighted by atomic mass is 35.5. The number of nitrogens with zero attached hydrogens (tertiary/aromatic N) is 2. The standard InChI is InChI=1S/C21H27ClN2OS/c22-18-11-13-24(19(18)5-2-6-20-23-12-14-26-20)17-9-7-16(8-10-17)21(25)15-3-1-4-15/h7-10,12,14-15,18-19,21,25H,1-6,11,13H2. The van der Waals surface area contributed by atoms with E-state index in [0.717, 1.165) is 50.6 Å². The summed E-state index contributed by atoms with van der Waals surface area (Å²) >= 11 is 8.37. The van der Waals surface area contributed by atoms with Gasteiger partial charge >= 0.3 is 0 Å². The summed E-state index contributed by atoms with van der Waals surface area (Å²) in [5, 5.41) is 13.9. The number of aliphatic hydroxyl groups excluding tert-OH is 1. The van der Waals surface area contributed by atoms with Crippen molar-refractivity contribution in [3.8, 4) is 0 Å². The molecule has 0 radical (unpaired) electrons. The van der Waals surface area contributed by atoms with Crippen LogP contribution >= 0.6 is 22.9 Å². The van der Waals surface area contributed by atoms with Crippen LogP contribution in [0.4, 0.5) is 5.69 Å². The summed E-state index contributed by atoms with van der Waals surface area (Å²) in [7, 11) is 0. The lowest BCUT2D eigenvalue weighted by Gasteiger charge is -2.31. The van der Waals surface area contributed by atoms with Gasteiger partial charge in [0.05, 0.1) is 16.5 Å². The van der Waals surface area contributed by atoms with E-state index in [9.17, 15) is 5.11 Å². The van der Waals surface area contributed by atoms with Gasteiger partial charge in [0, 0.05) is 29.9 Å². The predicted molar refractivity (Wildman–Crippen MR) is 109 cm³/mol. The number of benzene rings is 1. The summed E-state index contributed by atoms with van der Waals surface area (Å²) in [5.74, 6) is 0.457. The van der Waals surface area contributed by atoms with E-state index < -0.39 is 0 Å². The summed E-state index contributed by atoms with van der Waals surface area (Å²) in [6, 6.07) is 8.93. The molecule has 1 N–H and O–H groups in total. The lowest BCUT2D eigenvalue weighted by molar-refractivity contribution is 0.0621. The van der Waals surface area contributed by atoms with Crippen molar-refractivity contribution in [1.29, 1.82) is 0 Å². The summed E-state index contributed by atoms with van der Waals surface area (Å²) in [4.78, 5) is 6.83. The summed E-state index contributed by atoms with van der Waals surface area (Å²) in [6.45, 7) is 1.01. The second kappa shape index (κ2) is 8.28. The van der Waals surface area contributed by atoms with Crippen molar-refractivity contribution in [3.63, 3.8) is 0 Å². The minimum Gasteiger partial charge on any atom is -0.388 e. The Morgan fingerprint density at radius 2 is 2.04 bits per heavy atom. The zero-order valence-electron chi connectivity index (χ0n) is 15.1. The van der Waals surface area contributed by atoms with Crippen molar-refractivity contribution in [3.05, 3.63) is 46.4 Å². The Kier molecular flexibility index (Phi) is 5.82. The molecule has 26 heavy (non-hydrogen) atoms. The fourth-order valence-electron chi connectivity index (χ4n) is 4.20. The molecule has 3 unspecified atom stereocenters. The van der Waals surface area contributed by atoms with Gasteiger partial charge in [0.15, 0.2) is 0 Å². The first-order valence-electron chi connectivity index (χ1n) is 9.79. The van der Waals surface area contributed by atoms with E-state index in [2.05, 4.69) is 34.1 Å². The van der Waals surface area contributed by atoms with Gasteiger partial charge in [-0.1, -0.05) is 18.6 Å². The molecule has 2 fully saturated rings. The van der Waals surface area contributed by atoms with E-state index in [1.807, 2.05) is 11.6 Å². The second-order valence-electron chi connectivity index (χ2n) is 7.61. The topological polar surface area (TPSA) is 36.4 Å². The lowest BCUT2D eigenvalue weighted by atomic mass is 9.79. The monoisotopic (exact) mass is 390 g/mol. The third-order valence-corrected chi connectivity index (χ3v) is 7.35. The van der Waals surface area contributed by atoms with E-state index in [1.54, 1.807) is 11.3 Å². The minimum atomic E-state index is -0.300. The molecule has 0 amide bonds. The molecule has 3 atom stereocenters. The molecule has 1 aliphatic carbocycles. The van der Waals surface area contributed by atoms with Crippen LogP contribution in [0.3, 0.4) is 0 Å². The van der Waals surface area contributed by atoms with E-state index in [-0.39, 0.29) is 11.5 Å². The van der Waals surface area contributed by atoms with Gasteiger partial charge in [-0.2, -0.15) is 0 Å². The average molecular weight is 391 g/mol. The molecule has 2 aromatic rings. The molecule has 1 saturated carbocycles. The molecule has 1 aromatic heterocycles. The number of halogens is 1. The number of alkyl halides is 1. The third-order valence-electron chi connectivity index (χ3n) is 6.00. The molecule has 1 saturated heterocycles. The molecule has 2 aliphatic rings. The molecule has 1 aromatic carbocycles. The third kappa shape index (κ3) is 3.92. The van der Waals surface area contributed by atoms with Crippen LogP contribution in [0.5, 0.6) is 0 Å². The largest absolute Gasteiger partial charge is 0.388 e. The molecule has 0 spiro atoms. The zero-order chi connectivity index (χ0) is 17.9. The summed E-state index contributed by atoms with van der Waals surface area (Å²) < 4.78 is 0. The van der Waals surface area contributed by atoms with Gasteiger partial charge in [-0.15, -0.1) is 22.9 Å². The van der Waals surface area contributed by atoms with Crippen molar-refractivity contribution >= 4 is 28.6 Å². The number of hydrogen-bond donors (Lipinski definition) is 1. The van der Waals surface area contributed by atoms with Gasteiger partial charge in [0.2, 0.25) is 0 Å². The van der Waals surface area contributed by atoms with E-state index >= 15 is 0 Å². The number of rotatable bonds is 7. The zero-order valence-corrected chi connectivity index (χ0v) is 16.6. The first-order chi connectivity index (χ1) is 12.7. The van der Waals surface area contributed by atoms with Crippen molar-refractivity contribution in [1.82, 2.24) is 4.98 Å². The number of hydrogen-bond acceptors (Lipinski definition) is 4. The fourth-order valence-corrected chi connectivity index (χ4v) is 5.23. The highest BCUT2D eigenvalue weighted by Gasteiger charge is 2.33. The van der Waals surface area contributed by atoms with Crippen molar-refractivity contribution in [2.45, 2.75) is 62.5 Å². The maximum atomic E-state index is 10.5. The smallest absolute Gasteiger partial charge is 0.0924 e. The van der Waals surface area contributed by atoms with E-state index in [0.29, 0.717) is 12.0 Å². The molecular formula is C21H27ClN2OS. The lowest BCUT2D eigenvalue weighted by Crippen LogP contribution is -2.33. The van der Waals surface area contributed by atoms with Crippen molar-refractivity contribution in [2.24, 2.45) is 5.92 Å². The molecule has 4 rings (SSSR count). The molecule has 140 valence electrons. The summed E-state index contributed by atoms with van der Waals surface area (Å²) in [5.41, 5.74) is 2.29. The van der Waals surface area contributed by atoms with Crippen LogP contribution in [0.1, 0.15) is 55.2 Å². The molecular weight excluding hydrogens is 364 g/mol. The van der Waals surface area contributed by atoms with E-state index in [1.165, 1.54) is 17.1 Å². The Balaban J connectivity index is 1.38. The molecule has 1 aliphatic heterocycles. The SMILES string of the molecule is OC(c1ccc(N2CCC(Cl)C2CCCc2nccs2)cc1)C1CCC1. The predicted octanol–water partition coefficient (Wildman–Crippen LogP) is 5.19. The summed E-state index contributed by atoms with van der Waals surface area (Å²) in [6.07, 6.45) is 9.45. The van der Waals surface area contributed by atoms with Crippen LogP contribution in [-0.4, -0.2) is 28.1 Å². The van der Waals surface area contributed by atoms with Gasteiger partial charge in [0.1, 0.15) is 0 Å². The number of aliphatic hydroxyl groups is 1. The van der Waals surface area contributed by atoms with Crippen LogP contribution in [0.2, 0.25) is 0 Å². The Hall–Kier alpha value is -1.10. The maximum absolute atomic E-state index is 10.5. The van der Waals surface area contributed by atoms with Crippen LogP contribution in [-0.2, 0) is 6.42 Å². The van der Waals surface area contributed by atoms with Crippen LogP contribution in [0, 0.1) is 5.92 Å². The van der Waals surface area contributed by atoms with Crippen LogP contribution < -0.4 is 4.90 Å². The van der Waals surface area contributed by atoms with Crippen molar-refractivity contribution in [2.75, 3.05) is 11.4 Å². The number of aryl methyl sites for hydroxylation is 1. The normalized spacial score (nSPS) is 24.6. The van der Waals surface area contributed by atoms with Crippen LogP contribution in [0.15, 0.2) is 35.8 Å². The highest BCUT2D eigenvalue weighted by molar-refractivity contribution is 7.09. The second-order valence-corrected chi connectivity index (χ2v) is 9.15. The maximum Gasteiger partial charge on any atom is 0.0924 e. The number of aromatic nitrogens is 1. The first kappa shape index (κ1) is 18.3. The Morgan fingerprint density at radius 1 is 1.23 bits per heavy atom. The molecule has 3 nitrogen and oxygen atoms in total. The van der Waals surface area contributed by atoms with Gasteiger partial charge in [0.25, 0.3) is 0 Å². The van der Waals surface area contributed by atoms with E-state index in [4.69, 9.17) is 11.6 Å². The number of thiazole rings is 1. The van der Waals surface area contributed by atoms with Gasteiger partial charge in [-0.25, -0.2) is 4.98 Å². The average Bonchev–Trinajstić information content (AvgIpc) is 3.24. The quantitative estimate of drug-likeness (QED) is 0.661. The van der Waals surface area contributed by atoms with Crippen LogP contribution in [0.25, 0.3) is 0 Å². The Labute approximate surface area is 165 Å². The highest BCUT2D eigenvalue weighted by Crippen LogP contribution is 2.38. The molecule has 0 bridgehead atoms. The fraction of sp³-hybridized carbons (Fsp3) is 0.571. The Morgan fingerprint density at radius 3 is 2.69 bits per heavy atom. The molecule has 2 heterocycles. The number of anilines is 1. The van der Waals surface area contributed by atoms with Gasteiger partial charge < -0.3 is 10.0 Å². The first-order valence-corrected chi connectivity index (χ1v) is 11.1. The van der Waals surface area contributed by atoms with Gasteiger partial charge in [-0.3, -0.25) is 0 Å².